The number of ether oxygens (including phenoxy) is 1. The first-order valence-electron chi connectivity index (χ1n) is 7.14. The van der Waals surface area contributed by atoms with Gasteiger partial charge in [0.15, 0.2) is 6.61 Å². The second-order valence-corrected chi connectivity index (χ2v) is 5.03. The Morgan fingerprint density at radius 2 is 2.05 bits per heavy atom. The van der Waals surface area contributed by atoms with Gasteiger partial charge >= 0.3 is 0 Å². The fourth-order valence-corrected chi connectivity index (χ4v) is 2.22. The van der Waals surface area contributed by atoms with Crippen molar-refractivity contribution >= 4 is 17.5 Å². The zero-order chi connectivity index (χ0) is 15.1. The van der Waals surface area contributed by atoms with Gasteiger partial charge in [-0.15, -0.1) is 0 Å². The first-order chi connectivity index (χ1) is 10.2. The molecular formula is C15H21N3O3. The van der Waals surface area contributed by atoms with Crippen molar-refractivity contribution in [3.8, 4) is 5.75 Å². The van der Waals surface area contributed by atoms with E-state index in [1.165, 1.54) is 0 Å². The van der Waals surface area contributed by atoms with Crippen molar-refractivity contribution in [2.24, 2.45) is 0 Å². The lowest BCUT2D eigenvalue weighted by atomic mass is 10.1. The molecule has 1 heterocycles. The Bertz CT molecular complexity index is 481. The van der Waals surface area contributed by atoms with E-state index in [1.807, 2.05) is 0 Å². The SMILES string of the molecule is CNC(=O)COc1ccc(NC(=O)CC2CCCN2)cc1. The summed E-state index contributed by atoms with van der Waals surface area (Å²) in [5.74, 6) is 0.416. The van der Waals surface area contributed by atoms with Gasteiger partial charge in [0, 0.05) is 25.2 Å². The quantitative estimate of drug-likeness (QED) is 0.727. The molecule has 2 amide bonds. The normalized spacial score (nSPS) is 17.3. The minimum atomic E-state index is -0.184. The van der Waals surface area contributed by atoms with Crippen LogP contribution >= 0.6 is 0 Å². The molecule has 1 saturated heterocycles. The summed E-state index contributed by atoms with van der Waals surface area (Å²) in [6.07, 6.45) is 2.68. The van der Waals surface area contributed by atoms with Crippen molar-refractivity contribution in [3.63, 3.8) is 0 Å². The van der Waals surface area contributed by atoms with Gasteiger partial charge in [-0.2, -0.15) is 0 Å². The molecule has 1 aliphatic heterocycles. The van der Waals surface area contributed by atoms with E-state index in [9.17, 15) is 9.59 Å². The average Bonchev–Trinajstić information content (AvgIpc) is 2.99. The van der Waals surface area contributed by atoms with Crippen LogP contribution in [-0.2, 0) is 9.59 Å². The summed E-state index contributed by atoms with van der Waals surface area (Å²) in [4.78, 5) is 22.9. The zero-order valence-corrected chi connectivity index (χ0v) is 12.1. The number of hydrogen-bond donors (Lipinski definition) is 3. The van der Waals surface area contributed by atoms with E-state index in [0.717, 1.165) is 25.1 Å². The number of likely N-dealkylation sites (N-methyl/N-ethyl adjacent to an activating group) is 1. The lowest BCUT2D eigenvalue weighted by Gasteiger charge is -2.11. The monoisotopic (exact) mass is 291 g/mol. The van der Waals surface area contributed by atoms with Gasteiger partial charge in [0.1, 0.15) is 5.75 Å². The maximum atomic E-state index is 11.9. The number of nitrogens with one attached hydrogen (secondary N) is 3. The Kier molecular flexibility index (Phi) is 5.57. The molecule has 0 spiro atoms. The predicted molar refractivity (Wildman–Crippen MR) is 80.3 cm³/mol. The molecule has 2 rings (SSSR count). The Balaban J connectivity index is 1.78. The number of benzene rings is 1. The second-order valence-electron chi connectivity index (χ2n) is 5.03. The highest BCUT2D eigenvalue weighted by Gasteiger charge is 2.17. The van der Waals surface area contributed by atoms with Crippen LogP contribution in [0.1, 0.15) is 19.3 Å². The van der Waals surface area contributed by atoms with Crippen LogP contribution in [-0.4, -0.2) is 38.1 Å². The predicted octanol–water partition coefficient (Wildman–Crippen LogP) is 0.892. The standard InChI is InChI=1S/C15H21N3O3/c1-16-15(20)10-21-13-6-4-11(5-7-13)18-14(19)9-12-3-2-8-17-12/h4-7,12,17H,2-3,8-10H2,1H3,(H,16,20)(H,18,19). The van der Waals surface area contributed by atoms with Gasteiger partial charge < -0.3 is 20.7 Å². The Morgan fingerprint density at radius 1 is 1.29 bits per heavy atom. The third-order valence-corrected chi connectivity index (χ3v) is 3.38. The van der Waals surface area contributed by atoms with Crippen molar-refractivity contribution in [1.29, 1.82) is 0 Å². The van der Waals surface area contributed by atoms with E-state index in [1.54, 1.807) is 31.3 Å². The molecule has 21 heavy (non-hydrogen) atoms. The third-order valence-electron chi connectivity index (χ3n) is 3.38. The maximum absolute atomic E-state index is 11.9. The molecule has 0 aromatic heterocycles. The summed E-state index contributed by atoms with van der Waals surface area (Å²) in [5, 5.41) is 8.63. The van der Waals surface area contributed by atoms with E-state index in [-0.39, 0.29) is 18.4 Å². The molecule has 0 saturated carbocycles. The Hall–Kier alpha value is -2.08. The summed E-state index contributed by atoms with van der Waals surface area (Å²) < 4.78 is 5.29. The number of carbonyl (C=O) groups is 2. The minimum Gasteiger partial charge on any atom is -0.484 e. The number of hydrogen-bond acceptors (Lipinski definition) is 4. The van der Waals surface area contributed by atoms with Gasteiger partial charge in [-0.1, -0.05) is 0 Å². The van der Waals surface area contributed by atoms with E-state index in [2.05, 4.69) is 16.0 Å². The van der Waals surface area contributed by atoms with Gasteiger partial charge in [0.2, 0.25) is 5.91 Å². The molecule has 0 aliphatic carbocycles. The summed E-state index contributed by atoms with van der Waals surface area (Å²) in [7, 11) is 1.56. The van der Waals surface area contributed by atoms with Crippen molar-refractivity contribution in [3.05, 3.63) is 24.3 Å². The van der Waals surface area contributed by atoms with Crippen LogP contribution in [0.2, 0.25) is 0 Å². The molecule has 6 heteroatoms. The average molecular weight is 291 g/mol. The van der Waals surface area contributed by atoms with Gasteiger partial charge in [-0.05, 0) is 43.7 Å². The topological polar surface area (TPSA) is 79.5 Å². The molecule has 114 valence electrons. The molecule has 1 atom stereocenters. The van der Waals surface area contributed by atoms with Crippen LogP contribution in [0.4, 0.5) is 5.69 Å². The van der Waals surface area contributed by atoms with Gasteiger partial charge in [0.05, 0.1) is 0 Å². The second kappa shape index (κ2) is 7.64. The van der Waals surface area contributed by atoms with Crippen LogP contribution in [0.3, 0.4) is 0 Å². The lowest BCUT2D eigenvalue weighted by Crippen LogP contribution is -2.27. The highest BCUT2D eigenvalue weighted by molar-refractivity contribution is 5.91. The lowest BCUT2D eigenvalue weighted by molar-refractivity contribution is -0.122. The third kappa shape index (κ3) is 5.07. The molecule has 3 N–H and O–H groups in total. The first-order valence-corrected chi connectivity index (χ1v) is 7.14. The summed E-state index contributed by atoms with van der Waals surface area (Å²) in [5.41, 5.74) is 0.727. The van der Waals surface area contributed by atoms with Crippen molar-refractivity contribution in [2.45, 2.75) is 25.3 Å². The molecule has 0 bridgehead atoms. The van der Waals surface area contributed by atoms with Gasteiger partial charge in [-0.3, -0.25) is 9.59 Å². The fourth-order valence-electron chi connectivity index (χ4n) is 2.22. The highest BCUT2D eigenvalue weighted by Crippen LogP contribution is 2.16. The van der Waals surface area contributed by atoms with Crippen LogP contribution in [0.25, 0.3) is 0 Å². The minimum absolute atomic E-state index is 0.00780. The molecule has 1 fully saturated rings. The largest absolute Gasteiger partial charge is 0.484 e. The van der Waals surface area contributed by atoms with Crippen LogP contribution < -0.4 is 20.7 Å². The molecule has 1 aromatic rings. The van der Waals surface area contributed by atoms with Crippen LogP contribution in [0, 0.1) is 0 Å². The van der Waals surface area contributed by atoms with Crippen LogP contribution in [0.5, 0.6) is 5.75 Å². The van der Waals surface area contributed by atoms with E-state index >= 15 is 0 Å². The van der Waals surface area contributed by atoms with Crippen molar-refractivity contribution in [2.75, 3.05) is 25.5 Å². The van der Waals surface area contributed by atoms with Gasteiger partial charge in [-0.25, -0.2) is 0 Å². The molecule has 1 aromatic carbocycles. The van der Waals surface area contributed by atoms with E-state index in [0.29, 0.717) is 18.2 Å². The molecule has 0 radical (unpaired) electrons. The molecule has 1 unspecified atom stereocenters. The van der Waals surface area contributed by atoms with Crippen molar-refractivity contribution in [1.82, 2.24) is 10.6 Å². The summed E-state index contributed by atoms with van der Waals surface area (Å²) >= 11 is 0. The van der Waals surface area contributed by atoms with E-state index < -0.39 is 0 Å². The Labute approximate surface area is 124 Å². The molecule has 6 nitrogen and oxygen atoms in total. The van der Waals surface area contributed by atoms with E-state index in [4.69, 9.17) is 4.74 Å². The van der Waals surface area contributed by atoms with Crippen molar-refractivity contribution < 1.29 is 14.3 Å². The maximum Gasteiger partial charge on any atom is 0.257 e. The summed E-state index contributed by atoms with van der Waals surface area (Å²) in [6, 6.07) is 7.28. The number of amides is 2. The number of rotatable bonds is 6. The molecule has 1 aliphatic rings. The fraction of sp³-hybridized carbons (Fsp3) is 0.467. The summed E-state index contributed by atoms with van der Waals surface area (Å²) in [6.45, 7) is 0.977. The smallest absolute Gasteiger partial charge is 0.257 e. The van der Waals surface area contributed by atoms with Gasteiger partial charge in [0.25, 0.3) is 5.91 Å². The molecular weight excluding hydrogens is 270 g/mol. The number of anilines is 1. The first kappa shape index (κ1) is 15.3. The van der Waals surface area contributed by atoms with Crippen LogP contribution in [0.15, 0.2) is 24.3 Å². The Morgan fingerprint density at radius 3 is 2.67 bits per heavy atom. The highest BCUT2D eigenvalue weighted by atomic mass is 16.5. The zero-order valence-electron chi connectivity index (χ0n) is 12.1. The number of carbonyl (C=O) groups excluding carboxylic acids is 2.